The molecule has 0 spiro atoms. The number of ether oxygens (including phenoxy) is 2. The molecule has 0 unspecified atom stereocenters. The van der Waals surface area contributed by atoms with Crippen LogP contribution >= 0.6 is 11.6 Å². The van der Waals surface area contributed by atoms with Gasteiger partial charge in [-0.2, -0.15) is 0 Å². The summed E-state index contributed by atoms with van der Waals surface area (Å²) < 4.78 is 18.4. The van der Waals surface area contributed by atoms with Gasteiger partial charge in [-0.15, -0.1) is 5.10 Å². The van der Waals surface area contributed by atoms with Gasteiger partial charge in [0.05, 0.1) is 17.5 Å². The molecule has 0 fully saturated rings. The number of hydrogen-bond acceptors (Lipinski definition) is 7. The molecular formula is C24H23ClN4O4. The highest BCUT2D eigenvalue weighted by atomic mass is 35.5. The lowest BCUT2D eigenvalue weighted by molar-refractivity contribution is 0.0459. The minimum Gasteiger partial charge on any atom is -0.491 e. The Morgan fingerprint density at radius 3 is 2.45 bits per heavy atom. The van der Waals surface area contributed by atoms with Crippen LogP contribution in [0.4, 0.5) is 0 Å². The van der Waals surface area contributed by atoms with Crippen molar-refractivity contribution in [3.8, 4) is 22.9 Å². The fourth-order valence-electron chi connectivity index (χ4n) is 3.18. The highest BCUT2D eigenvalue weighted by Crippen LogP contribution is 2.25. The van der Waals surface area contributed by atoms with Crippen LogP contribution in [-0.2, 0) is 11.3 Å². The Bertz CT molecular complexity index is 1260. The van der Waals surface area contributed by atoms with E-state index in [9.17, 15) is 4.79 Å². The van der Waals surface area contributed by atoms with E-state index in [-0.39, 0.29) is 18.4 Å². The highest BCUT2D eigenvalue weighted by molar-refractivity contribution is 6.30. The number of benzene rings is 2. The van der Waals surface area contributed by atoms with Crippen LogP contribution in [0.1, 0.15) is 41.5 Å². The second-order valence-electron chi connectivity index (χ2n) is 7.70. The fourth-order valence-corrected chi connectivity index (χ4v) is 3.31. The maximum Gasteiger partial charge on any atom is 0.361 e. The van der Waals surface area contributed by atoms with Crippen LogP contribution in [0.15, 0.2) is 52.9 Å². The summed E-state index contributed by atoms with van der Waals surface area (Å²) in [5.74, 6) is 1.20. The molecule has 0 N–H and O–H groups in total. The van der Waals surface area contributed by atoms with E-state index >= 15 is 0 Å². The Morgan fingerprint density at radius 1 is 1.09 bits per heavy atom. The molecule has 0 saturated carbocycles. The van der Waals surface area contributed by atoms with Crippen LogP contribution in [0.3, 0.4) is 0 Å². The van der Waals surface area contributed by atoms with Crippen molar-refractivity contribution in [2.24, 2.45) is 0 Å². The van der Waals surface area contributed by atoms with Gasteiger partial charge in [0.25, 0.3) is 0 Å². The summed E-state index contributed by atoms with van der Waals surface area (Å²) in [4.78, 5) is 17.1. The number of nitrogens with zero attached hydrogens (tertiary/aromatic N) is 4. The zero-order chi connectivity index (χ0) is 23.5. The molecule has 170 valence electrons. The summed E-state index contributed by atoms with van der Waals surface area (Å²) in [5, 5.41) is 8.65. The van der Waals surface area contributed by atoms with Crippen LogP contribution in [0.25, 0.3) is 17.1 Å². The number of esters is 1. The zero-order valence-electron chi connectivity index (χ0n) is 18.7. The topological polar surface area (TPSA) is 92.3 Å². The second-order valence-corrected chi connectivity index (χ2v) is 8.14. The molecule has 0 aliphatic heterocycles. The molecule has 4 rings (SSSR count). The summed E-state index contributed by atoms with van der Waals surface area (Å²) in [6.07, 6.45) is 0.0949. The van der Waals surface area contributed by atoms with Gasteiger partial charge in [0.15, 0.2) is 5.69 Å². The lowest BCUT2D eigenvalue weighted by Gasteiger charge is -2.09. The van der Waals surface area contributed by atoms with Gasteiger partial charge in [-0.1, -0.05) is 16.8 Å². The van der Waals surface area contributed by atoms with Gasteiger partial charge < -0.3 is 13.9 Å². The molecule has 2 aromatic carbocycles. The third-order valence-electron chi connectivity index (χ3n) is 4.86. The van der Waals surface area contributed by atoms with Gasteiger partial charge in [-0.05, 0) is 76.2 Å². The molecule has 9 heteroatoms. The molecule has 8 nitrogen and oxygen atoms in total. The lowest BCUT2D eigenvalue weighted by Crippen LogP contribution is -2.09. The molecule has 33 heavy (non-hydrogen) atoms. The van der Waals surface area contributed by atoms with Crippen molar-refractivity contribution in [3.63, 3.8) is 0 Å². The van der Waals surface area contributed by atoms with Crippen molar-refractivity contribution < 1.29 is 18.7 Å². The molecule has 0 aliphatic rings. The van der Waals surface area contributed by atoms with Gasteiger partial charge in [0, 0.05) is 10.6 Å². The Balaban J connectivity index is 1.44. The van der Waals surface area contributed by atoms with Gasteiger partial charge in [0.2, 0.25) is 5.89 Å². The van der Waals surface area contributed by atoms with E-state index in [0.29, 0.717) is 28.1 Å². The van der Waals surface area contributed by atoms with Crippen molar-refractivity contribution in [1.29, 1.82) is 0 Å². The van der Waals surface area contributed by atoms with Crippen LogP contribution in [0, 0.1) is 13.8 Å². The molecule has 0 bridgehead atoms. The van der Waals surface area contributed by atoms with Gasteiger partial charge >= 0.3 is 5.97 Å². The predicted molar refractivity (Wildman–Crippen MR) is 123 cm³/mol. The van der Waals surface area contributed by atoms with Gasteiger partial charge in [-0.3, -0.25) is 0 Å². The zero-order valence-corrected chi connectivity index (χ0v) is 19.5. The van der Waals surface area contributed by atoms with Crippen LogP contribution in [0.5, 0.6) is 5.75 Å². The molecule has 2 aromatic heterocycles. The second kappa shape index (κ2) is 9.46. The van der Waals surface area contributed by atoms with Gasteiger partial charge in [-0.25, -0.2) is 14.5 Å². The van der Waals surface area contributed by atoms with E-state index < -0.39 is 5.97 Å². The summed E-state index contributed by atoms with van der Waals surface area (Å²) in [6, 6.07) is 14.5. The molecule has 0 aliphatic carbocycles. The summed E-state index contributed by atoms with van der Waals surface area (Å²) in [6.45, 7) is 7.42. The van der Waals surface area contributed by atoms with Gasteiger partial charge in [0.1, 0.15) is 23.8 Å². The minimum absolute atomic E-state index is 0.0457. The Labute approximate surface area is 196 Å². The Hall–Kier alpha value is -3.65. The third-order valence-corrected chi connectivity index (χ3v) is 5.12. The van der Waals surface area contributed by atoms with E-state index in [1.165, 1.54) is 0 Å². The number of rotatable bonds is 7. The lowest BCUT2D eigenvalue weighted by atomic mass is 10.2. The molecule has 4 aromatic rings. The number of halogens is 1. The first-order chi connectivity index (χ1) is 15.8. The van der Waals surface area contributed by atoms with Crippen LogP contribution in [-0.4, -0.2) is 32.1 Å². The van der Waals surface area contributed by atoms with E-state index in [2.05, 4.69) is 15.3 Å². The van der Waals surface area contributed by atoms with E-state index in [4.69, 9.17) is 25.5 Å². The standard InChI is InChI=1S/C24H23ClN4O4/c1-14(2)32-20-11-5-17(6-12-20)23-26-21(16(4)33-23)13-31-24(30)22-15(3)29(28-27-22)19-9-7-18(25)8-10-19/h5-12,14H,13H2,1-4H3. The maximum absolute atomic E-state index is 12.6. The normalized spacial score (nSPS) is 11.1. The summed E-state index contributed by atoms with van der Waals surface area (Å²) in [7, 11) is 0. The number of carbonyl (C=O) groups excluding carboxylic acids is 1. The first kappa shape index (κ1) is 22.5. The molecule has 0 amide bonds. The maximum atomic E-state index is 12.6. The SMILES string of the molecule is Cc1oc(-c2ccc(OC(C)C)cc2)nc1COC(=O)c1nnn(-c2ccc(Cl)cc2)c1C. The fraction of sp³-hybridized carbons (Fsp3) is 0.250. The monoisotopic (exact) mass is 466 g/mol. The predicted octanol–water partition coefficient (Wildman–Crippen LogP) is 5.34. The quantitative estimate of drug-likeness (QED) is 0.339. The highest BCUT2D eigenvalue weighted by Gasteiger charge is 2.20. The third kappa shape index (κ3) is 5.06. The number of aromatic nitrogens is 4. The van der Waals surface area contributed by atoms with Crippen molar-refractivity contribution >= 4 is 17.6 Å². The average Bonchev–Trinajstić information content (AvgIpc) is 3.35. The summed E-state index contributed by atoms with van der Waals surface area (Å²) in [5.41, 5.74) is 2.76. The Kier molecular flexibility index (Phi) is 6.46. The smallest absolute Gasteiger partial charge is 0.361 e. The number of carbonyl (C=O) groups is 1. The summed E-state index contributed by atoms with van der Waals surface area (Å²) >= 11 is 5.93. The average molecular weight is 467 g/mol. The Morgan fingerprint density at radius 2 is 1.79 bits per heavy atom. The molecular weight excluding hydrogens is 444 g/mol. The molecule has 0 saturated heterocycles. The van der Waals surface area contributed by atoms with Crippen LogP contribution in [0.2, 0.25) is 5.02 Å². The largest absolute Gasteiger partial charge is 0.491 e. The molecule has 2 heterocycles. The van der Waals surface area contributed by atoms with Crippen LogP contribution < -0.4 is 4.74 Å². The first-order valence-corrected chi connectivity index (χ1v) is 10.8. The van der Waals surface area contributed by atoms with Crippen molar-refractivity contribution in [3.05, 3.63) is 76.4 Å². The van der Waals surface area contributed by atoms with Crippen molar-refractivity contribution in [1.82, 2.24) is 20.0 Å². The van der Waals surface area contributed by atoms with Crippen molar-refractivity contribution in [2.45, 2.75) is 40.4 Å². The van der Waals surface area contributed by atoms with E-state index in [0.717, 1.165) is 17.0 Å². The van der Waals surface area contributed by atoms with E-state index in [1.54, 1.807) is 42.8 Å². The van der Waals surface area contributed by atoms with E-state index in [1.807, 2.05) is 38.1 Å². The number of oxazole rings is 1. The minimum atomic E-state index is -0.591. The van der Waals surface area contributed by atoms with Crippen molar-refractivity contribution in [2.75, 3.05) is 0 Å². The molecule has 0 radical (unpaired) electrons. The number of hydrogen-bond donors (Lipinski definition) is 0. The molecule has 0 atom stereocenters. The first-order valence-electron chi connectivity index (χ1n) is 10.4. The number of aryl methyl sites for hydroxylation is 1.